The van der Waals surface area contributed by atoms with Crippen LogP contribution in [0.2, 0.25) is 0 Å². The molecular weight excluding hydrogens is 485 g/mol. The van der Waals surface area contributed by atoms with Crippen molar-refractivity contribution in [1.29, 1.82) is 0 Å². The number of amides is 1. The number of carbonyl (C=O) groups is 1. The molecule has 0 bridgehead atoms. The molecule has 1 saturated heterocycles. The second-order valence-electron chi connectivity index (χ2n) is 8.90. The normalized spacial score (nSPS) is 14.9. The molecule has 196 valence electrons. The Balaban J connectivity index is 1.50. The van der Waals surface area contributed by atoms with Crippen LogP contribution in [0, 0.1) is 6.92 Å². The van der Waals surface area contributed by atoms with Crippen molar-refractivity contribution in [2.24, 2.45) is 0 Å². The summed E-state index contributed by atoms with van der Waals surface area (Å²) in [5.41, 5.74) is 6.09. The van der Waals surface area contributed by atoms with Crippen molar-refractivity contribution in [3.8, 4) is 11.6 Å². The summed E-state index contributed by atoms with van der Waals surface area (Å²) in [6.07, 6.45) is -3.30. The Labute approximate surface area is 213 Å². The summed E-state index contributed by atoms with van der Waals surface area (Å²) in [4.78, 5) is 25.0. The van der Waals surface area contributed by atoms with E-state index in [1.807, 2.05) is 4.90 Å². The summed E-state index contributed by atoms with van der Waals surface area (Å²) in [5.74, 6) is 0.224. The van der Waals surface area contributed by atoms with E-state index in [4.69, 9.17) is 10.5 Å². The Morgan fingerprint density at radius 1 is 1.05 bits per heavy atom. The molecular formula is C26H29F3N6O2. The molecule has 1 aromatic heterocycles. The Kier molecular flexibility index (Phi) is 7.94. The van der Waals surface area contributed by atoms with Gasteiger partial charge in [-0.05, 0) is 48.9 Å². The number of nitrogen functional groups attached to an aromatic ring is 1. The van der Waals surface area contributed by atoms with Crippen LogP contribution in [-0.2, 0) is 12.7 Å². The van der Waals surface area contributed by atoms with Gasteiger partial charge in [-0.2, -0.15) is 13.2 Å². The SMILES string of the molecule is CCN1CCN(Cc2ccc(NC(=O)c3ccc(C)c(Oc4cc(N)ncn4)c3)cc2C(F)(F)F)CC1. The monoisotopic (exact) mass is 514 g/mol. The number of nitrogens with two attached hydrogens (primary N) is 1. The van der Waals surface area contributed by atoms with Gasteiger partial charge in [0.25, 0.3) is 5.91 Å². The van der Waals surface area contributed by atoms with Gasteiger partial charge in [0.2, 0.25) is 5.88 Å². The van der Waals surface area contributed by atoms with E-state index in [0.29, 0.717) is 18.8 Å². The van der Waals surface area contributed by atoms with Crippen LogP contribution in [0.4, 0.5) is 24.7 Å². The van der Waals surface area contributed by atoms with Crippen LogP contribution < -0.4 is 15.8 Å². The Morgan fingerprint density at radius 3 is 2.46 bits per heavy atom. The van der Waals surface area contributed by atoms with E-state index in [0.717, 1.165) is 31.3 Å². The lowest BCUT2D eigenvalue weighted by atomic mass is 10.0. The van der Waals surface area contributed by atoms with E-state index in [1.54, 1.807) is 19.1 Å². The molecule has 11 heteroatoms. The van der Waals surface area contributed by atoms with Crippen molar-refractivity contribution >= 4 is 17.4 Å². The predicted octanol–water partition coefficient (Wildman–Crippen LogP) is 4.57. The third kappa shape index (κ3) is 6.75. The average Bonchev–Trinajstić information content (AvgIpc) is 2.86. The van der Waals surface area contributed by atoms with Crippen LogP contribution in [0.1, 0.15) is 34.0 Å². The highest BCUT2D eigenvalue weighted by Gasteiger charge is 2.34. The van der Waals surface area contributed by atoms with Crippen LogP contribution in [0.5, 0.6) is 11.6 Å². The van der Waals surface area contributed by atoms with Gasteiger partial charge in [-0.15, -0.1) is 0 Å². The highest BCUT2D eigenvalue weighted by Crippen LogP contribution is 2.35. The quantitative estimate of drug-likeness (QED) is 0.477. The first-order valence-corrected chi connectivity index (χ1v) is 11.9. The molecule has 8 nitrogen and oxygen atoms in total. The number of nitrogens with one attached hydrogen (secondary N) is 1. The maximum Gasteiger partial charge on any atom is 0.416 e. The first-order valence-electron chi connectivity index (χ1n) is 11.9. The molecule has 0 unspecified atom stereocenters. The lowest BCUT2D eigenvalue weighted by molar-refractivity contribution is -0.138. The van der Waals surface area contributed by atoms with Crippen molar-refractivity contribution in [1.82, 2.24) is 19.8 Å². The van der Waals surface area contributed by atoms with Crippen molar-refractivity contribution in [3.63, 3.8) is 0 Å². The number of benzene rings is 2. The molecule has 3 N–H and O–H groups in total. The summed E-state index contributed by atoms with van der Waals surface area (Å²) in [5, 5.41) is 2.57. The van der Waals surface area contributed by atoms with Crippen molar-refractivity contribution in [2.45, 2.75) is 26.6 Å². The molecule has 2 heterocycles. The maximum atomic E-state index is 13.9. The number of carbonyl (C=O) groups excluding carboxylic acids is 1. The van der Waals surface area contributed by atoms with Gasteiger partial charge in [-0.25, -0.2) is 9.97 Å². The van der Waals surface area contributed by atoms with Gasteiger partial charge in [0.05, 0.1) is 5.56 Å². The Hall–Kier alpha value is -3.70. The van der Waals surface area contributed by atoms with Crippen LogP contribution in [-0.4, -0.2) is 58.4 Å². The second kappa shape index (κ2) is 11.1. The molecule has 1 fully saturated rings. The van der Waals surface area contributed by atoms with Crippen molar-refractivity contribution < 1.29 is 22.7 Å². The number of likely N-dealkylation sites (N-methyl/N-ethyl adjacent to an activating group) is 1. The highest BCUT2D eigenvalue weighted by molar-refractivity contribution is 6.04. The van der Waals surface area contributed by atoms with Crippen LogP contribution >= 0.6 is 0 Å². The standard InChI is InChI=1S/C26H29F3N6O2/c1-3-34-8-10-35(11-9-34)15-19-6-7-20(13-21(19)26(27,28)29)33-25(36)18-5-4-17(2)22(12-18)37-24-14-23(30)31-16-32-24/h4-7,12-14,16H,3,8-11,15H2,1-2H3,(H,33,36)(H2,30,31,32). The van der Waals surface area contributed by atoms with Crippen molar-refractivity contribution in [3.05, 3.63) is 71.0 Å². The molecule has 0 aliphatic carbocycles. The number of hydrogen-bond donors (Lipinski definition) is 2. The topological polar surface area (TPSA) is 96.6 Å². The first-order chi connectivity index (χ1) is 17.6. The van der Waals surface area contributed by atoms with Gasteiger partial charge in [-0.1, -0.05) is 19.1 Å². The van der Waals surface area contributed by atoms with Crippen LogP contribution in [0.25, 0.3) is 0 Å². The summed E-state index contributed by atoms with van der Waals surface area (Å²) < 4.78 is 47.5. The number of rotatable bonds is 7. The van der Waals surface area contributed by atoms with Gasteiger partial charge < -0.3 is 20.7 Å². The molecule has 1 aliphatic heterocycles. The molecule has 0 saturated carbocycles. The largest absolute Gasteiger partial charge is 0.439 e. The third-order valence-electron chi connectivity index (χ3n) is 6.31. The molecule has 1 amide bonds. The number of hydrogen-bond acceptors (Lipinski definition) is 7. The van der Waals surface area contributed by atoms with Crippen LogP contribution in [0.3, 0.4) is 0 Å². The van der Waals surface area contributed by atoms with Gasteiger partial charge in [0, 0.05) is 50.0 Å². The number of aromatic nitrogens is 2. The van der Waals surface area contributed by atoms with E-state index in [1.165, 1.54) is 30.6 Å². The number of halogens is 3. The number of aryl methyl sites for hydroxylation is 1. The van der Waals surface area contributed by atoms with Gasteiger partial charge in [0.15, 0.2) is 0 Å². The van der Waals surface area contributed by atoms with Gasteiger partial charge in [0.1, 0.15) is 17.9 Å². The molecule has 0 radical (unpaired) electrons. The molecule has 0 spiro atoms. The Morgan fingerprint density at radius 2 is 1.78 bits per heavy atom. The summed E-state index contributed by atoms with van der Waals surface area (Å²) in [6.45, 7) is 8.08. The zero-order valence-electron chi connectivity index (χ0n) is 20.7. The fourth-order valence-electron chi connectivity index (χ4n) is 4.14. The van der Waals surface area contributed by atoms with Crippen LogP contribution in [0.15, 0.2) is 48.8 Å². The number of anilines is 2. The summed E-state index contributed by atoms with van der Waals surface area (Å²) in [7, 11) is 0. The van der Waals surface area contributed by atoms with E-state index in [2.05, 4.69) is 27.1 Å². The molecule has 2 aromatic carbocycles. The zero-order chi connectivity index (χ0) is 26.6. The van der Waals surface area contributed by atoms with Gasteiger partial charge >= 0.3 is 6.18 Å². The van der Waals surface area contributed by atoms with Gasteiger partial charge in [-0.3, -0.25) is 9.69 Å². The van der Waals surface area contributed by atoms with E-state index in [-0.39, 0.29) is 35.1 Å². The minimum atomic E-state index is -4.55. The lowest BCUT2D eigenvalue weighted by Crippen LogP contribution is -2.45. The minimum absolute atomic E-state index is 0.0588. The number of piperazine rings is 1. The fourth-order valence-corrected chi connectivity index (χ4v) is 4.14. The third-order valence-corrected chi connectivity index (χ3v) is 6.31. The molecule has 1 aliphatic rings. The average molecular weight is 515 g/mol. The van der Waals surface area contributed by atoms with E-state index >= 15 is 0 Å². The fraction of sp³-hybridized carbons (Fsp3) is 0.346. The minimum Gasteiger partial charge on any atom is -0.439 e. The molecule has 3 aromatic rings. The van der Waals surface area contributed by atoms with E-state index < -0.39 is 17.6 Å². The molecule has 37 heavy (non-hydrogen) atoms. The first kappa shape index (κ1) is 26.4. The summed E-state index contributed by atoms with van der Waals surface area (Å²) in [6, 6.07) is 10.1. The number of ether oxygens (including phenoxy) is 1. The molecule has 0 atom stereocenters. The number of nitrogens with zero attached hydrogens (tertiary/aromatic N) is 4. The smallest absolute Gasteiger partial charge is 0.416 e. The van der Waals surface area contributed by atoms with E-state index in [9.17, 15) is 18.0 Å². The summed E-state index contributed by atoms with van der Waals surface area (Å²) >= 11 is 0. The number of alkyl halides is 3. The Bertz CT molecular complexity index is 1260. The predicted molar refractivity (Wildman–Crippen MR) is 134 cm³/mol. The maximum absolute atomic E-state index is 13.9. The van der Waals surface area contributed by atoms with Crippen molar-refractivity contribution in [2.75, 3.05) is 43.8 Å². The second-order valence-corrected chi connectivity index (χ2v) is 8.90. The zero-order valence-corrected chi connectivity index (χ0v) is 20.7. The lowest BCUT2D eigenvalue weighted by Gasteiger charge is -2.34. The molecule has 4 rings (SSSR count). The highest BCUT2D eigenvalue weighted by atomic mass is 19.4.